The summed E-state index contributed by atoms with van der Waals surface area (Å²) in [4.78, 5) is 4.83. The Balaban J connectivity index is 1.94. The van der Waals surface area contributed by atoms with Crippen molar-refractivity contribution in [2.75, 3.05) is 44.7 Å². The van der Waals surface area contributed by atoms with Crippen LogP contribution in [0.15, 0.2) is 18.2 Å². The SMILES string of the molecule is CNC(C#N)CN1CCN(c2cccc(C)c2C)CC1. The topological polar surface area (TPSA) is 42.3 Å². The van der Waals surface area contributed by atoms with Gasteiger partial charge in [-0.2, -0.15) is 5.26 Å². The lowest BCUT2D eigenvalue weighted by atomic mass is 10.1. The van der Waals surface area contributed by atoms with E-state index in [4.69, 9.17) is 5.26 Å². The highest BCUT2D eigenvalue weighted by atomic mass is 15.3. The smallest absolute Gasteiger partial charge is 0.108 e. The van der Waals surface area contributed by atoms with Gasteiger partial charge in [0.05, 0.1) is 6.07 Å². The van der Waals surface area contributed by atoms with E-state index in [1.54, 1.807) is 0 Å². The molecule has 0 aliphatic carbocycles. The zero-order valence-electron chi connectivity index (χ0n) is 12.7. The number of benzene rings is 1. The van der Waals surface area contributed by atoms with E-state index in [-0.39, 0.29) is 6.04 Å². The molecule has 1 aliphatic heterocycles. The number of piperazine rings is 1. The fourth-order valence-corrected chi connectivity index (χ4v) is 2.70. The van der Waals surface area contributed by atoms with Gasteiger partial charge in [-0.25, -0.2) is 0 Å². The van der Waals surface area contributed by atoms with Crippen molar-refractivity contribution in [2.45, 2.75) is 19.9 Å². The number of rotatable bonds is 4. The molecule has 0 amide bonds. The molecule has 1 heterocycles. The number of nitrogens with one attached hydrogen (secondary N) is 1. The molecule has 4 heteroatoms. The first-order chi connectivity index (χ1) is 9.65. The van der Waals surface area contributed by atoms with Crippen molar-refractivity contribution in [1.29, 1.82) is 5.26 Å². The monoisotopic (exact) mass is 272 g/mol. The summed E-state index contributed by atoms with van der Waals surface area (Å²) in [6.45, 7) is 9.29. The molecule has 1 N–H and O–H groups in total. The highest BCUT2D eigenvalue weighted by molar-refractivity contribution is 5.56. The Kier molecular flexibility index (Phi) is 4.99. The summed E-state index contributed by atoms with van der Waals surface area (Å²) in [5.74, 6) is 0. The van der Waals surface area contributed by atoms with Gasteiger partial charge in [-0.05, 0) is 38.1 Å². The van der Waals surface area contributed by atoms with E-state index in [2.05, 4.69) is 53.2 Å². The van der Waals surface area contributed by atoms with Gasteiger partial charge in [-0.3, -0.25) is 4.90 Å². The Bertz CT molecular complexity index is 484. The van der Waals surface area contributed by atoms with Gasteiger partial charge in [-0.15, -0.1) is 0 Å². The number of anilines is 1. The van der Waals surface area contributed by atoms with Crippen molar-refractivity contribution in [2.24, 2.45) is 0 Å². The van der Waals surface area contributed by atoms with Crippen LogP contribution in [-0.4, -0.2) is 50.7 Å². The maximum absolute atomic E-state index is 9.00. The molecule has 1 fully saturated rings. The third-order valence-electron chi connectivity index (χ3n) is 4.23. The molecule has 1 aliphatic rings. The van der Waals surface area contributed by atoms with Crippen molar-refractivity contribution < 1.29 is 0 Å². The van der Waals surface area contributed by atoms with E-state index in [1.807, 2.05) is 7.05 Å². The zero-order valence-corrected chi connectivity index (χ0v) is 12.7. The number of likely N-dealkylation sites (N-methyl/N-ethyl adjacent to an activating group) is 1. The molecule has 0 spiro atoms. The lowest BCUT2D eigenvalue weighted by molar-refractivity contribution is 0.246. The zero-order chi connectivity index (χ0) is 14.5. The van der Waals surface area contributed by atoms with Crippen molar-refractivity contribution in [1.82, 2.24) is 10.2 Å². The third kappa shape index (κ3) is 3.30. The molecule has 0 radical (unpaired) electrons. The molecule has 1 aromatic carbocycles. The summed E-state index contributed by atoms with van der Waals surface area (Å²) in [5.41, 5.74) is 4.09. The average molecular weight is 272 g/mol. The molecular formula is C16H24N4. The second-order valence-electron chi connectivity index (χ2n) is 5.48. The van der Waals surface area contributed by atoms with E-state index in [1.165, 1.54) is 16.8 Å². The van der Waals surface area contributed by atoms with E-state index in [0.717, 1.165) is 32.7 Å². The minimum absolute atomic E-state index is 0.0674. The van der Waals surface area contributed by atoms with Gasteiger partial charge >= 0.3 is 0 Å². The van der Waals surface area contributed by atoms with Crippen LogP contribution >= 0.6 is 0 Å². The fourth-order valence-electron chi connectivity index (χ4n) is 2.70. The van der Waals surface area contributed by atoms with Gasteiger partial charge in [0.1, 0.15) is 6.04 Å². The van der Waals surface area contributed by atoms with Gasteiger partial charge in [0.2, 0.25) is 0 Å². The second-order valence-corrected chi connectivity index (χ2v) is 5.48. The van der Waals surface area contributed by atoms with Gasteiger partial charge < -0.3 is 10.2 Å². The molecule has 1 atom stereocenters. The first-order valence-corrected chi connectivity index (χ1v) is 7.26. The predicted octanol–water partition coefficient (Wildman–Crippen LogP) is 1.54. The minimum Gasteiger partial charge on any atom is -0.369 e. The summed E-state index contributed by atoms with van der Waals surface area (Å²) >= 11 is 0. The molecular weight excluding hydrogens is 248 g/mol. The molecule has 4 nitrogen and oxygen atoms in total. The first-order valence-electron chi connectivity index (χ1n) is 7.26. The van der Waals surface area contributed by atoms with Crippen LogP contribution in [0.4, 0.5) is 5.69 Å². The van der Waals surface area contributed by atoms with Gasteiger partial charge in [0.15, 0.2) is 0 Å². The van der Waals surface area contributed by atoms with Crippen LogP contribution in [0.2, 0.25) is 0 Å². The van der Waals surface area contributed by atoms with Crippen LogP contribution in [0, 0.1) is 25.2 Å². The number of nitriles is 1. The van der Waals surface area contributed by atoms with Gasteiger partial charge in [0, 0.05) is 38.4 Å². The quantitative estimate of drug-likeness (QED) is 0.903. The molecule has 1 unspecified atom stereocenters. The molecule has 1 saturated heterocycles. The fraction of sp³-hybridized carbons (Fsp3) is 0.562. The lowest BCUT2D eigenvalue weighted by Crippen LogP contribution is -2.50. The van der Waals surface area contributed by atoms with Crippen LogP contribution in [0.25, 0.3) is 0 Å². The van der Waals surface area contributed by atoms with Crippen LogP contribution < -0.4 is 10.2 Å². The Labute approximate surface area is 122 Å². The summed E-state index contributed by atoms with van der Waals surface area (Å²) in [5, 5.41) is 12.0. The average Bonchev–Trinajstić information content (AvgIpc) is 2.48. The van der Waals surface area contributed by atoms with Crippen LogP contribution in [-0.2, 0) is 0 Å². The van der Waals surface area contributed by atoms with E-state index < -0.39 is 0 Å². The molecule has 0 bridgehead atoms. The van der Waals surface area contributed by atoms with Crippen LogP contribution in [0.5, 0.6) is 0 Å². The van der Waals surface area contributed by atoms with Crippen molar-refractivity contribution >= 4 is 5.69 Å². The number of hydrogen-bond acceptors (Lipinski definition) is 4. The standard InChI is InChI=1S/C16H24N4/c1-13-5-4-6-16(14(13)2)20-9-7-19(8-10-20)12-15(11-17)18-3/h4-6,15,18H,7-10,12H2,1-3H3. The highest BCUT2D eigenvalue weighted by Gasteiger charge is 2.20. The molecule has 0 aromatic heterocycles. The van der Waals surface area contributed by atoms with Crippen LogP contribution in [0.1, 0.15) is 11.1 Å². The summed E-state index contributed by atoms with van der Waals surface area (Å²) in [7, 11) is 1.85. The summed E-state index contributed by atoms with van der Waals surface area (Å²) in [6, 6.07) is 8.74. The largest absolute Gasteiger partial charge is 0.369 e. The second kappa shape index (κ2) is 6.74. The van der Waals surface area contributed by atoms with E-state index >= 15 is 0 Å². The van der Waals surface area contributed by atoms with Crippen molar-refractivity contribution in [3.05, 3.63) is 29.3 Å². The third-order valence-corrected chi connectivity index (χ3v) is 4.23. The number of aryl methyl sites for hydroxylation is 1. The maximum atomic E-state index is 9.00. The molecule has 2 rings (SSSR count). The highest BCUT2D eigenvalue weighted by Crippen LogP contribution is 2.23. The van der Waals surface area contributed by atoms with Gasteiger partial charge in [0.25, 0.3) is 0 Å². The lowest BCUT2D eigenvalue weighted by Gasteiger charge is -2.37. The Morgan fingerprint density at radius 1 is 1.25 bits per heavy atom. The maximum Gasteiger partial charge on any atom is 0.108 e. The Morgan fingerprint density at radius 2 is 1.95 bits per heavy atom. The molecule has 0 saturated carbocycles. The first kappa shape index (κ1) is 14.8. The normalized spacial score (nSPS) is 17.8. The van der Waals surface area contributed by atoms with E-state index in [9.17, 15) is 0 Å². The minimum atomic E-state index is -0.0674. The number of nitrogens with zero attached hydrogens (tertiary/aromatic N) is 3. The number of hydrogen-bond donors (Lipinski definition) is 1. The predicted molar refractivity (Wildman–Crippen MR) is 83.0 cm³/mol. The van der Waals surface area contributed by atoms with Gasteiger partial charge in [-0.1, -0.05) is 12.1 Å². The van der Waals surface area contributed by atoms with E-state index in [0.29, 0.717) is 0 Å². The molecule has 108 valence electrons. The molecule has 20 heavy (non-hydrogen) atoms. The molecule has 1 aromatic rings. The summed E-state index contributed by atoms with van der Waals surface area (Å²) < 4.78 is 0. The van der Waals surface area contributed by atoms with Crippen molar-refractivity contribution in [3.8, 4) is 6.07 Å². The summed E-state index contributed by atoms with van der Waals surface area (Å²) in [6.07, 6.45) is 0. The Morgan fingerprint density at radius 3 is 2.55 bits per heavy atom. The van der Waals surface area contributed by atoms with Crippen molar-refractivity contribution in [3.63, 3.8) is 0 Å². The Hall–Kier alpha value is -1.57. The van der Waals surface area contributed by atoms with Crippen LogP contribution in [0.3, 0.4) is 0 Å².